The second-order valence-corrected chi connectivity index (χ2v) is 19.9. The first kappa shape index (κ1) is 33.1. The Bertz CT molecular complexity index is 3360. The van der Waals surface area contributed by atoms with Crippen molar-refractivity contribution in [2.75, 3.05) is 0 Å². The van der Waals surface area contributed by atoms with Crippen LogP contribution < -0.4 is 20.9 Å². The zero-order valence-corrected chi connectivity index (χ0v) is 33.3. The smallest absolute Gasteiger partial charge is 0.202 e. The molecule has 12 aromatic rings. The summed E-state index contributed by atoms with van der Waals surface area (Å²) in [6, 6.07) is 78.0. The van der Waals surface area contributed by atoms with Crippen LogP contribution in [0.3, 0.4) is 0 Å². The summed E-state index contributed by atoms with van der Waals surface area (Å²) < 4.78 is 7.32. The minimum Gasteiger partial charge on any atom is -0.309 e. The van der Waals surface area contributed by atoms with Gasteiger partial charge in [0.1, 0.15) is 0 Å². The zero-order chi connectivity index (χ0) is 38.2. The van der Waals surface area contributed by atoms with Gasteiger partial charge in [-0.15, -0.1) is 11.3 Å². The normalized spacial score (nSPS) is 12.1. The highest BCUT2D eigenvalue weighted by Crippen LogP contribution is 2.41. The van der Waals surface area contributed by atoms with E-state index >= 15 is 0 Å². The van der Waals surface area contributed by atoms with E-state index in [0.717, 1.165) is 27.9 Å². The molecule has 3 nitrogen and oxygen atoms in total. The van der Waals surface area contributed by atoms with Crippen molar-refractivity contribution in [2.45, 2.75) is 0 Å². The van der Waals surface area contributed by atoms with Gasteiger partial charge >= 0.3 is 0 Å². The maximum Gasteiger partial charge on any atom is 0.202 e. The highest BCUT2D eigenvalue weighted by molar-refractivity contribution is 7.26. The van der Waals surface area contributed by atoms with Crippen LogP contribution in [-0.2, 0) is 0 Å². The second kappa shape index (κ2) is 13.0. The molecule has 0 saturated carbocycles. The second-order valence-electron chi connectivity index (χ2n) is 15.1. The molecule has 5 heteroatoms. The van der Waals surface area contributed by atoms with E-state index in [1.165, 1.54) is 68.3 Å². The van der Waals surface area contributed by atoms with E-state index in [2.05, 4.69) is 221 Å². The Morgan fingerprint density at radius 3 is 1.38 bits per heavy atom. The van der Waals surface area contributed by atoms with Gasteiger partial charge in [0.25, 0.3) is 0 Å². The van der Waals surface area contributed by atoms with Crippen molar-refractivity contribution in [3.8, 4) is 11.5 Å². The lowest BCUT2D eigenvalue weighted by Gasteiger charge is -2.33. The molecule has 12 rings (SSSR count). The molecule has 0 spiro atoms. The Morgan fingerprint density at radius 1 is 0.362 bits per heavy atom. The number of thiophene rings is 1. The molecule has 0 radical (unpaired) electrons. The molecule has 58 heavy (non-hydrogen) atoms. The number of nitrogens with zero attached hydrogens (tertiary/aromatic N) is 3. The molecule has 0 aliphatic heterocycles. The Labute approximate surface area is 340 Å². The first-order valence-electron chi connectivity index (χ1n) is 19.8. The lowest BCUT2D eigenvalue weighted by atomic mass is 10.1. The minimum atomic E-state index is -2.98. The Balaban J connectivity index is 1.21. The maximum absolute atomic E-state index is 6.02. The molecule has 0 aliphatic carbocycles. The van der Waals surface area contributed by atoms with Crippen molar-refractivity contribution in [1.82, 2.24) is 14.1 Å². The molecular weight excluding hydrogens is 739 g/mol. The van der Waals surface area contributed by atoms with Gasteiger partial charge in [-0.2, -0.15) is 0 Å². The topological polar surface area (TPSA) is 22.8 Å². The van der Waals surface area contributed by atoms with E-state index in [1.54, 1.807) is 0 Å². The Hall–Kier alpha value is -7.05. The van der Waals surface area contributed by atoms with Crippen molar-refractivity contribution in [3.05, 3.63) is 212 Å². The molecule has 0 atom stereocenters. The van der Waals surface area contributed by atoms with E-state index in [0.29, 0.717) is 0 Å². The zero-order valence-electron chi connectivity index (χ0n) is 31.5. The fourth-order valence-corrected chi connectivity index (χ4v) is 15.3. The van der Waals surface area contributed by atoms with Gasteiger partial charge in [0.2, 0.25) is 8.07 Å². The summed E-state index contributed by atoms with van der Waals surface area (Å²) in [7, 11) is -2.98. The van der Waals surface area contributed by atoms with Gasteiger partial charge in [0.15, 0.2) is 5.82 Å². The summed E-state index contributed by atoms with van der Waals surface area (Å²) in [6.07, 6.45) is 0. The predicted octanol–water partition coefficient (Wildman–Crippen LogP) is 11.0. The van der Waals surface area contributed by atoms with Crippen molar-refractivity contribution < 1.29 is 0 Å². The van der Waals surface area contributed by atoms with Crippen LogP contribution in [0.2, 0.25) is 0 Å². The van der Waals surface area contributed by atoms with Gasteiger partial charge < -0.3 is 4.57 Å². The third kappa shape index (κ3) is 4.75. The molecule has 0 fully saturated rings. The van der Waals surface area contributed by atoms with E-state index in [9.17, 15) is 0 Å². The van der Waals surface area contributed by atoms with E-state index in [4.69, 9.17) is 4.98 Å². The summed E-state index contributed by atoms with van der Waals surface area (Å²) in [5, 5.41) is 12.5. The highest BCUT2D eigenvalue weighted by Gasteiger charge is 2.43. The quantitative estimate of drug-likeness (QED) is 0.122. The fraction of sp³-hybridized carbons (Fsp3) is 0. The molecule has 0 aliphatic rings. The molecule has 4 aromatic heterocycles. The summed E-state index contributed by atoms with van der Waals surface area (Å²) >= 11 is 1.84. The molecule has 4 heterocycles. The number of aromatic nitrogens is 3. The standard InChI is InChI=1S/C53H35N3SSi/c1-4-18-37(19-5-1)58(38-20-6-2-7-21-38,39-22-8-3-9-23-39)51-35-45-43-27-13-17-31-50(43)57-52(45)53(54-51)56-48-30-16-12-26-42(48)44-34-36(32-33-49(44)56)55-46-28-14-10-24-40(46)41-25-11-15-29-47(41)55/h1-35H. The number of hydrogen-bond donors (Lipinski definition) is 0. The monoisotopic (exact) mass is 773 g/mol. The average Bonchev–Trinajstić information content (AvgIpc) is 3.95. The Kier molecular flexibility index (Phi) is 7.42. The largest absolute Gasteiger partial charge is 0.309 e. The van der Waals surface area contributed by atoms with E-state index in [-0.39, 0.29) is 0 Å². The third-order valence-electron chi connectivity index (χ3n) is 12.1. The van der Waals surface area contributed by atoms with Crippen LogP contribution in [-0.4, -0.2) is 22.2 Å². The number of fused-ring (bicyclic) bond motifs is 9. The number of pyridine rings is 1. The van der Waals surface area contributed by atoms with Crippen LogP contribution in [0.4, 0.5) is 0 Å². The summed E-state index contributed by atoms with van der Waals surface area (Å²) in [5.74, 6) is 0.976. The van der Waals surface area contributed by atoms with Crippen molar-refractivity contribution in [3.63, 3.8) is 0 Å². The fourth-order valence-electron chi connectivity index (χ4n) is 9.59. The number of hydrogen-bond acceptors (Lipinski definition) is 2. The van der Waals surface area contributed by atoms with E-state index in [1.807, 2.05) is 11.3 Å². The van der Waals surface area contributed by atoms with Crippen LogP contribution in [0.5, 0.6) is 0 Å². The molecule has 0 N–H and O–H groups in total. The maximum atomic E-state index is 6.02. The van der Waals surface area contributed by atoms with Gasteiger partial charge in [-0.25, -0.2) is 4.98 Å². The van der Waals surface area contributed by atoms with Gasteiger partial charge in [-0.1, -0.05) is 164 Å². The molecule has 272 valence electrons. The molecule has 8 aromatic carbocycles. The van der Waals surface area contributed by atoms with E-state index < -0.39 is 8.07 Å². The molecule has 0 saturated heterocycles. The van der Waals surface area contributed by atoms with Crippen LogP contribution in [0, 0.1) is 0 Å². The van der Waals surface area contributed by atoms with Gasteiger partial charge in [0, 0.05) is 48.0 Å². The lowest BCUT2D eigenvalue weighted by Crippen LogP contribution is -2.75. The molecule has 0 unspecified atom stereocenters. The van der Waals surface area contributed by atoms with Gasteiger partial charge in [-0.05, 0) is 64.1 Å². The van der Waals surface area contributed by atoms with Crippen LogP contribution in [0.25, 0.3) is 75.3 Å². The molecule has 0 bridgehead atoms. The molecular formula is C53H35N3SSi. The van der Waals surface area contributed by atoms with Crippen LogP contribution >= 0.6 is 11.3 Å². The highest BCUT2D eigenvalue weighted by atomic mass is 32.1. The third-order valence-corrected chi connectivity index (χ3v) is 17.9. The number of benzene rings is 8. The van der Waals surface area contributed by atoms with Crippen LogP contribution in [0.1, 0.15) is 0 Å². The SMILES string of the molecule is c1ccc([Si](c2ccccc2)(c2ccccc2)c2cc3c(sc4ccccc43)c(-n3c4ccccc4c4cc(-n5c6ccccc6c6ccccc65)ccc43)n2)cc1. The average molecular weight is 774 g/mol. The minimum absolute atomic E-state index is 0.976. The first-order chi connectivity index (χ1) is 28.8. The lowest BCUT2D eigenvalue weighted by molar-refractivity contribution is 1.11. The first-order valence-corrected chi connectivity index (χ1v) is 22.6. The van der Waals surface area contributed by atoms with Crippen molar-refractivity contribution >= 4 is 104 Å². The predicted molar refractivity (Wildman–Crippen MR) is 249 cm³/mol. The van der Waals surface area contributed by atoms with Gasteiger partial charge in [0.05, 0.1) is 26.8 Å². The van der Waals surface area contributed by atoms with Crippen molar-refractivity contribution in [2.24, 2.45) is 0 Å². The number of rotatable bonds is 6. The summed E-state index contributed by atoms with van der Waals surface area (Å²) in [4.78, 5) is 6.02. The van der Waals surface area contributed by atoms with Gasteiger partial charge in [-0.3, -0.25) is 4.57 Å². The van der Waals surface area contributed by atoms with Crippen molar-refractivity contribution in [1.29, 1.82) is 0 Å². The summed E-state index contributed by atoms with van der Waals surface area (Å²) in [5.41, 5.74) is 5.84. The van der Waals surface area contributed by atoms with Crippen LogP contribution in [0.15, 0.2) is 212 Å². The number of para-hydroxylation sites is 3. The summed E-state index contributed by atoms with van der Waals surface area (Å²) in [6.45, 7) is 0. The Morgan fingerprint density at radius 2 is 0.810 bits per heavy atom. The molecule has 0 amide bonds.